The molecule has 0 saturated carbocycles. The van der Waals surface area contributed by atoms with E-state index < -0.39 is 5.97 Å². The number of nitrogens with zero attached hydrogens (tertiary/aromatic N) is 1. The van der Waals surface area contributed by atoms with E-state index in [2.05, 4.69) is 4.99 Å². The number of esters is 1. The molecule has 0 aliphatic rings. The van der Waals surface area contributed by atoms with E-state index in [4.69, 9.17) is 9.47 Å². The first-order valence-corrected chi connectivity index (χ1v) is 7.80. The van der Waals surface area contributed by atoms with Crippen molar-refractivity contribution in [3.8, 4) is 5.75 Å². The Labute approximate surface area is 136 Å². The summed E-state index contributed by atoms with van der Waals surface area (Å²) in [6.07, 6.45) is 1.45. The lowest BCUT2D eigenvalue weighted by Gasteiger charge is -2.08. The molecule has 2 aromatic rings. The minimum atomic E-state index is -0.422. The molecule has 4 heteroatoms. The maximum absolute atomic E-state index is 12.3. The van der Waals surface area contributed by atoms with Gasteiger partial charge in [-0.05, 0) is 43.7 Å². The molecule has 0 spiro atoms. The van der Waals surface area contributed by atoms with Crippen LogP contribution in [0.25, 0.3) is 0 Å². The Morgan fingerprint density at radius 3 is 2.52 bits per heavy atom. The Bertz CT molecular complexity index is 665. The van der Waals surface area contributed by atoms with Crippen molar-refractivity contribution in [2.45, 2.75) is 26.7 Å². The van der Waals surface area contributed by atoms with Crippen molar-refractivity contribution >= 4 is 17.6 Å². The lowest BCUT2D eigenvalue weighted by molar-refractivity contribution is 0.0711. The number of benzene rings is 2. The van der Waals surface area contributed by atoms with Crippen LogP contribution in [0, 0.1) is 0 Å². The van der Waals surface area contributed by atoms with Crippen LogP contribution in [0.5, 0.6) is 5.75 Å². The fourth-order valence-corrected chi connectivity index (χ4v) is 2.04. The van der Waals surface area contributed by atoms with Crippen molar-refractivity contribution in [3.63, 3.8) is 0 Å². The zero-order chi connectivity index (χ0) is 16.5. The highest BCUT2D eigenvalue weighted by Crippen LogP contribution is 2.16. The molecule has 2 rings (SSSR count). The van der Waals surface area contributed by atoms with E-state index in [0.717, 1.165) is 12.1 Å². The minimum Gasteiger partial charge on any atom is -0.494 e. The van der Waals surface area contributed by atoms with Crippen LogP contribution in [0.2, 0.25) is 0 Å². The number of hydrogen-bond donors (Lipinski definition) is 0. The molecule has 0 N–H and O–H groups in total. The van der Waals surface area contributed by atoms with Gasteiger partial charge in [0.1, 0.15) is 5.75 Å². The average Bonchev–Trinajstić information content (AvgIpc) is 2.56. The molecule has 0 unspecified atom stereocenters. The van der Waals surface area contributed by atoms with Gasteiger partial charge in [0, 0.05) is 6.42 Å². The Hall–Kier alpha value is -2.62. The van der Waals surface area contributed by atoms with Crippen molar-refractivity contribution in [2.75, 3.05) is 6.61 Å². The van der Waals surface area contributed by atoms with Crippen LogP contribution in [0.15, 0.2) is 59.6 Å². The third kappa shape index (κ3) is 5.25. The summed E-state index contributed by atoms with van der Waals surface area (Å²) < 4.78 is 10.9. The zero-order valence-electron chi connectivity index (χ0n) is 13.5. The molecule has 0 aliphatic heterocycles. The summed E-state index contributed by atoms with van der Waals surface area (Å²) in [6, 6.07) is 16.4. The first-order valence-electron chi connectivity index (χ1n) is 7.80. The number of carbonyl (C=O) groups excluding carboxylic acids is 1. The molecule has 120 valence electrons. The topological polar surface area (TPSA) is 47.9 Å². The normalized spacial score (nSPS) is 11.1. The quantitative estimate of drug-likeness (QED) is 0.438. The van der Waals surface area contributed by atoms with Crippen LogP contribution in [0.3, 0.4) is 0 Å². The van der Waals surface area contributed by atoms with E-state index >= 15 is 0 Å². The van der Waals surface area contributed by atoms with E-state index in [1.165, 1.54) is 0 Å². The monoisotopic (exact) mass is 311 g/mol. The predicted octanol–water partition coefficient (Wildman–Crippen LogP) is 4.77. The van der Waals surface area contributed by atoms with Crippen molar-refractivity contribution in [1.82, 2.24) is 0 Å². The lowest BCUT2D eigenvalue weighted by atomic mass is 10.2. The highest BCUT2D eigenvalue weighted by Gasteiger charge is 2.12. The number of rotatable bonds is 6. The molecular weight excluding hydrogens is 290 g/mol. The molecule has 0 fully saturated rings. The molecular formula is C19H21NO3. The number of para-hydroxylation sites is 1. The van der Waals surface area contributed by atoms with Gasteiger partial charge in [0.25, 0.3) is 0 Å². The molecule has 0 atom stereocenters. The van der Waals surface area contributed by atoms with Crippen LogP contribution in [0.1, 0.15) is 37.0 Å². The van der Waals surface area contributed by atoms with Crippen molar-refractivity contribution < 1.29 is 14.3 Å². The van der Waals surface area contributed by atoms with E-state index in [1.54, 1.807) is 18.2 Å². The van der Waals surface area contributed by atoms with Gasteiger partial charge >= 0.3 is 5.97 Å². The van der Waals surface area contributed by atoms with E-state index in [0.29, 0.717) is 30.2 Å². The van der Waals surface area contributed by atoms with Gasteiger partial charge in [-0.15, -0.1) is 0 Å². The van der Waals surface area contributed by atoms with E-state index in [-0.39, 0.29) is 0 Å². The SMILES string of the molecule is CCCC(=Nc1ccccc1)OC(=O)c1cccc(OCC)c1. The fourth-order valence-electron chi connectivity index (χ4n) is 2.04. The van der Waals surface area contributed by atoms with Crippen molar-refractivity contribution in [2.24, 2.45) is 4.99 Å². The molecule has 2 aromatic carbocycles. The number of ether oxygens (including phenoxy) is 2. The Kier molecular flexibility index (Phi) is 6.36. The predicted molar refractivity (Wildman–Crippen MR) is 91.5 cm³/mol. The van der Waals surface area contributed by atoms with Gasteiger partial charge < -0.3 is 9.47 Å². The molecule has 0 amide bonds. The summed E-state index contributed by atoms with van der Waals surface area (Å²) in [5.74, 6) is 0.652. The molecule has 23 heavy (non-hydrogen) atoms. The van der Waals surface area contributed by atoms with Crippen LogP contribution in [-0.4, -0.2) is 18.5 Å². The van der Waals surface area contributed by atoms with Crippen LogP contribution in [-0.2, 0) is 4.74 Å². The van der Waals surface area contributed by atoms with Gasteiger partial charge in [-0.1, -0.05) is 31.2 Å². The summed E-state index contributed by atoms with van der Waals surface area (Å²) in [6.45, 7) is 4.47. The van der Waals surface area contributed by atoms with Crippen molar-refractivity contribution in [1.29, 1.82) is 0 Å². The number of aliphatic imine (C=N–C) groups is 1. The summed E-state index contributed by atoms with van der Waals surface area (Å²) in [4.78, 5) is 16.7. The minimum absolute atomic E-state index is 0.422. The van der Waals surface area contributed by atoms with Gasteiger partial charge in [-0.2, -0.15) is 0 Å². The van der Waals surface area contributed by atoms with Gasteiger partial charge in [0.05, 0.1) is 17.9 Å². The summed E-state index contributed by atoms with van der Waals surface area (Å²) in [5, 5.41) is 0. The van der Waals surface area contributed by atoms with Gasteiger partial charge in [-0.3, -0.25) is 0 Å². The Morgan fingerprint density at radius 2 is 1.83 bits per heavy atom. The first kappa shape index (κ1) is 16.7. The Balaban J connectivity index is 2.15. The van der Waals surface area contributed by atoms with Crippen LogP contribution >= 0.6 is 0 Å². The molecule has 0 bridgehead atoms. The summed E-state index contributed by atoms with van der Waals surface area (Å²) in [7, 11) is 0. The van der Waals surface area contributed by atoms with Crippen LogP contribution < -0.4 is 4.74 Å². The van der Waals surface area contributed by atoms with Crippen molar-refractivity contribution in [3.05, 3.63) is 60.2 Å². The first-order chi connectivity index (χ1) is 11.2. The smallest absolute Gasteiger partial charge is 0.344 e. The molecule has 0 aliphatic carbocycles. The highest BCUT2D eigenvalue weighted by atomic mass is 16.5. The zero-order valence-corrected chi connectivity index (χ0v) is 13.5. The second-order valence-corrected chi connectivity index (χ2v) is 4.94. The number of hydrogen-bond acceptors (Lipinski definition) is 4. The Morgan fingerprint density at radius 1 is 1.04 bits per heavy atom. The summed E-state index contributed by atoms with van der Waals surface area (Å²) >= 11 is 0. The average molecular weight is 311 g/mol. The molecule has 4 nitrogen and oxygen atoms in total. The van der Waals surface area contributed by atoms with Gasteiger partial charge in [0.15, 0.2) is 5.90 Å². The largest absolute Gasteiger partial charge is 0.494 e. The van der Waals surface area contributed by atoms with Crippen LogP contribution in [0.4, 0.5) is 5.69 Å². The lowest BCUT2D eigenvalue weighted by Crippen LogP contribution is -2.12. The second-order valence-electron chi connectivity index (χ2n) is 4.94. The molecule has 0 aromatic heterocycles. The number of carbonyl (C=O) groups is 1. The van der Waals surface area contributed by atoms with Gasteiger partial charge in [0.2, 0.25) is 0 Å². The molecule has 0 heterocycles. The maximum Gasteiger partial charge on any atom is 0.344 e. The fraction of sp³-hybridized carbons (Fsp3) is 0.263. The summed E-state index contributed by atoms with van der Waals surface area (Å²) in [5.41, 5.74) is 1.22. The maximum atomic E-state index is 12.3. The van der Waals surface area contributed by atoms with E-state index in [9.17, 15) is 4.79 Å². The van der Waals surface area contributed by atoms with Gasteiger partial charge in [-0.25, -0.2) is 9.79 Å². The third-order valence-electron chi connectivity index (χ3n) is 3.07. The second kappa shape index (κ2) is 8.73. The molecule has 0 radical (unpaired) electrons. The standard InChI is InChI=1S/C19H21NO3/c1-3-9-18(20-16-11-6-5-7-12-16)23-19(21)15-10-8-13-17(14-15)22-4-2/h5-8,10-14H,3-4,9H2,1-2H3. The molecule has 0 saturated heterocycles. The van der Waals surface area contributed by atoms with E-state index in [1.807, 2.05) is 50.2 Å². The third-order valence-corrected chi connectivity index (χ3v) is 3.07. The highest BCUT2D eigenvalue weighted by molar-refractivity contribution is 5.99.